The van der Waals surface area contributed by atoms with Crippen LogP contribution in [0.25, 0.3) is 0 Å². The van der Waals surface area contributed by atoms with Crippen molar-refractivity contribution in [2.24, 2.45) is 5.73 Å². The Morgan fingerprint density at radius 2 is 2.06 bits per heavy atom. The number of nitrogens with zero attached hydrogens (tertiary/aromatic N) is 2. The number of hydrogen-bond donors (Lipinski definition) is 1. The maximum absolute atomic E-state index is 11.7. The van der Waals surface area contributed by atoms with Crippen molar-refractivity contribution in [2.75, 3.05) is 6.54 Å². The number of piperidine rings is 1. The fraction of sp³-hybridized carbons (Fsp3) is 0.714. The Labute approximate surface area is 125 Å². The SMILES string of the molecule is NC(=O)C1CCC2CN1C(=O)N2OS(=O)(=O)[O-].[Na+]. The standard InChI is InChI=1S/C7H11N3O6S.Na/c8-6(11)5-2-1-4-3-9(5)7(12)10(4)16-17(13,14)15;/h4-5H,1-3H2,(H2,8,11)(H,13,14,15);/q;+1/p-1. The minimum absolute atomic E-state index is 0. The average Bonchev–Trinajstić information content (AvgIpc) is 2.42. The Morgan fingerprint density at radius 1 is 1.44 bits per heavy atom. The molecule has 2 rings (SSSR count). The van der Waals surface area contributed by atoms with E-state index in [0.717, 1.165) is 4.90 Å². The van der Waals surface area contributed by atoms with Crippen LogP contribution in [0.1, 0.15) is 12.8 Å². The summed E-state index contributed by atoms with van der Waals surface area (Å²) in [6.45, 7) is 0.127. The van der Waals surface area contributed by atoms with Crippen LogP contribution >= 0.6 is 0 Å². The first-order valence-corrected chi connectivity index (χ1v) is 6.17. The fourth-order valence-corrected chi connectivity index (χ4v) is 2.51. The summed E-state index contributed by atoms with van der Waals surface area (Å²) in [6, 6.07) is -2.14. The first kappa shape index (κ1) is 15.7. The van der Waals surface area contributed by atoms with Gasteiger partial charge in [0.15, 0.2) is 0 Å². The van der Waals surface area contributed by atoms with Gasteiger partial charge in [0.1, 0.15) is 6.04 Å². The molecule has 2 atom stereocenters. The number of primary amides is 1. The van der Waals surface area contributed by atoms with Crippen molar-refractivity contribution in [3.63, 3.8) is 0 Å². The molecule has 11 heteroatoms. The van der Waals surface area contributed by atoms with Crippen LogP contribution in [-0.2, 0) is 19.5 Å². The molecule has 0 saturated carbocycles. The minimum atomic E-state index is -5.00. The summed E-state index contributed by atoms with van der Waals surface area (Å²) in [5, 5.41) is 0.505. The molecule has 3 amide bonds. The van der Waals surface area contributed by atoms with Gasteiger partial charge in [-0.15, -0.1) is 0 Å². The Balaban J connectivity index is 0.00000162. The number of hydrogen-bond acceptors (Lipinski definition) is 6. The molecule has 2 saturated heterocycles. The molecule has 0 spiro atoms. The van der Waals surface area contributed by atoms with Gasteiger partial charge < -0.3 is 15.2 Å². The van der Waals surface area contributed by atoms with Crippen LogP contribution in [-0.4, -0.2) is 53.5 Å². The monoisotopic (exact) mass is 287 g/mol. The largest absolute Gasteiger partial charge is 1.00 e. The molecule has 0 aromatic carbocycles. The van der Waals surface area contributed by atoms with E-state index in [1.807, 2.05) is 0 Å². The molecule has 2 bridgehead atoms. The van der Waals surface area contributed by atoms with E-state index in [1.165, 1.54) is 0 Å². The molecule has 2 aliphatic heterocycles. The van der Waals surface area contributed by atoms with Gasteiger partial charge in [-0.1, -0.05) is 0 Å². The van der Waals surface area contributed by atoms with Crippen molar-refractivity contribution in [2.45, 2.75) is 24.9 Å². The molecule has 2 fully saturated rings. The maximum Gasteiger partial charge on any atom is 1.00 e. The summed E-state index contributed by atoms with van der Waals surface area (Å²) in [7, 11) is -5.00. The topological polar surface area (TPSA) is 133 Å². The van der Waals surface area contributed by atoms with Gasteiger partial charge in [-0.25, -0.2) is 13.2 Å². The molecule has 96 valence electrons. The Kier molecular flexibility index (Phi) is 4.62. The molecule has 2 N–H and O–H groups in total. The summed E-state index contributed by atoms with van der Waals surface area (Å²) in [6.07, 6.45) is 0.676. The number of carbonyl (C=O) groups excluding carboxylic acids is 2. The van der Waals surface area contributed by atoms with E-state index in [9.17, 15) is 22.6 Å². The van der Waals surface area contributed by atoms with E-state index in [1.54, 1.807) is 0 Å². The van der Waals surface area contributed by atoms with Crippen LogP contribution < -0.4 is 35.3 Å². The van der Waals surface area contributed by atoms with Gasteiger partial charge in [0.05, 0.1) is 6.04 Å². The number of nitrogens with two attached hydrogens (primary N) is 1. The van der Waals surface area contributed by atoms with E-state index >= 15 is 0 Å². The van der Waals surface area contributed by atoms with Gasteiger partial charge in [0.25, 0.3) is 0 Å². The maximum atomic E-state index is 11.7. The van der Waals surface area contributed by atoms with Crippen LogP contribution in [0, 0.1) is 0 Å². The number of amides is 3. The fourth-order valence-electron chi connectivity index (χ4n) is 2.12. The van der Waals surface area contributed by atoms with Crippen molar-refractivity contribution in [3.05, 3.63) is 0 Å². The summed E-state index contributed by atoms with van der Waals surface area (Å²) < 4.78 is 35.4. The molecule has 9 nitrogen and oxygen atoms in total. The zero-order chi connectivity index (χ0) is 12.8. The first-order valence-electron chi connectivity index (χ1n) is 4.84. The molecule has 2 heterocycles. The van der Waals surface area contributed by atoms with Crippen LogP contribution in [0.2, 0.25) is 0 Å². The van der Waals surface area contributed by atoms with Crippen LogP contribution in [0.3, 0.4) is 0 Å². The normalized spacial score (nSPS) is 27.1. The molecule has 0 aromatic rings. The second kappa shape index (κ2) is 5.31. The Morgan fingerprint density at radius 3 is 2.56 bits per heavy atom. The quantitative estimate of drug-likeness (QED) is 0.314. The van der Waals surface area contributed by atoms with Gasteiger partial charge in [0, 0.05) is 6.54 Å². The van der Waals surface area contributed by atoms with Crippen molar-refractivity contribution < 1.29 is 56.4 Å². The van der Waals surface area contributed by atoms with Crippen LogP contribution in [0.15, 0.2) is 0 Å². The summed E-state index contributed by atoms with van der Waals surface area (Å²) in [5.41, 5.74) is 5.11. The van der Waals surface area contributed by atoms with Crippen molar-refractivity contribution in [1.29, 1.82) is 0 Å². The van der Waals surface area contributed by atoms with Gasteiger partial charge >= 0.3 is 35.6 Å². The minimum Gasteiger partial charge on any atom is -0.724 e. The number of rotatable bonds is 3. The molecular formula is C7H10N3NaO6S. The number of fused-ring (bicyclic) bond motifs is 2. The first-order chi connectivity index (χ1) is 7.79. The van der Waals surface area contributed by atoms with Gasteiger partial charge in [-0.3, -0.25) is 4.79 Å². The molecule has 0 aromatic heterocycles. The Hall–Kier alpha value is -0.390. The second-order valence-electron chi connectivity index (χ2n) is 3.89. The number of hydroxylamine groups is 2. The molecule has 18 heavy (non-hydrogen) atoms. The zero-order valence-corrected chi connectivity index (χ0v) is 12.4. The van der Waals surface area contributed by atoms with Gasteiger partial charge in [0.2, 0.25) is 16.3 Å². The van der Waals surface area contributed by atoms with Gasteiger partial charge in [-0.05, 0) is 12.8 Å². The van der Waals surface area contributed by atoms with Gasteiger partial charge in [-0.2, -0.15) is 9.35 Å². The van der Waals surface area contributed by atoms with Crippen molar-refractivity contribution >= 4 is 22.3 Å². The molecule has 2 unspecified atom stereocenters. The van der Waals surface area contributed by atoms with Crippen molar-refractivity contribution in [1.82, 2.24) is 9.96 Å². The predicted molar refractivity (Wildman–Crippen MR) is 50.7 cm³/mol. The average molecular weight is 287 g/mol. The van der Waals surface area contributed by atoms with E-state index in [2.05, 4.69) is 4.28 Å². The van der Waals surface area contributed by atoms with Crippen LogP contribution in [0.4, 0.5) is 4.79 Å². The Bertz CT molecular complexity index is 468. The van der Waals surface area contributed by atoms with Crippen LogP contribution in [0.5, 0.6) is 0 Å². The summed E-state index contributed by atoms with van der Waals surface area (Å²) in [4.78, 5) is 23.9. The molecule has 0 aliphatic carbocycles. The molecule has 2 aliphatic rings. The van der Waals surface area contributed by atoms with E-state index in [-0.39, 0.29) is 36.1 Å². The van der Waals surface area contributed by atoms with E-state index in [4.69, 9.17) is 5.73 Å². The smallest absolute Gasteiger partial charge is 0.724 e. The van der Waals surface area contributed by atoms with Crippen molar-refractivity contribution in [3.8, 4) is 0 Å². The second-order valence-corrected chi connectivity index (χ2v) is 4.86. The summed E-state index contributed by atoms with van der Waals surface area (Å²) >= 11 is 0. The number of urea groups is 1. The van der Waals surface area contributed by atoms with E-state index < -0.39 is 34.4 Å². The third-order valence-corrected chi connectivity index (χ3v) is 3.17. The third kappa shape index (κ3) is 2.95. The zero-order valence-electron chi connectivity index (χ0n) is 9.61. The molecule has 0 radical (unpaired) electrons. The molecular weight excluding hydrogens is 277 g/mol. The third-order valence-electron chi connectivity index (χ3n) is 2.82. The summed E-state index contributed by atoms with van der Waals surface area (Å²) in [5.74, 6) is -0.663. The van der Waals surface area contributed by atoms with E-state index in [0.29, 0.717) is 17.9 Å². The number of carbonyl (C=O) groups is 2. The predicted octanol–water partition coefficient (Wildman–Crippen LogP) is -4.86.